The quantitative estimate of drug-likeness (QED) is 0.589. The molecule has 0 radical (unpaired) electrons. The third kappa shape index (κ3) is 5.23. The zero-order valence-corrected chi connectivity index (χ0v) is 23.4. The van der Waals surface area contributed by atoms with Crippen molar-refractivity contribution in [3.63, 3.8) is 0 Å². The van der Waals surface area contributed by atoms with E-state index < -0.39 is 0 Å². The van der Waals surface area contributed by atoms with Gasteiger partial charge < -0.3 is 20.3 Å². The lowest BCUT2D eigenvalue weighted by Gasteiger charge is -2.40. The van der Waals surface area contributed by atoms with Crippen molar-refractivity contribution in [3.8, 4) is 5.75 Å². The first-order chi connectivity index (χ1) is 18.9. The number of benzene rings is 1. The van der Waals surface area contributed by atoms with E-state index in [1.165, 1.54) is 5.56 Å². The first kappa shape index (κ1) is 26.1. The molecule has 3 fully saturated rings. The highest BCUT2D eigenvalue weighted by atomic mass is 16.5. The van der Waals surface area contributed by atoms with Gasteiger partial charge in [0.05, 0.1) is 12.2 Å². The second kappa shape index (κ2) is 10.8. The van der Waals surface area contributed by atoms with Gasteiger partial charge in [-0.3, -0.25) is 14.5 Å². The number of aromatic nitrogens is 1. The van der Waals surface area contributed by atoms with E-state index in [1.807, 2.05) is 31.2 Å². The molecule has 0 aliphatic carbocycles. The number of ether oxygens (including phenoxy) is 1. The summed E-state index contributed by atoms with van der Waals surface area (Å²) in [6.45, 7) is 9.11. The summed E-state index contributed by atoms with van der Waals surface area (Å²) in [6.07, 6.45) is 8.77. The van der Waals surface area contributed by atoms with E-state index >= 15 is 0 Å². The van der Waals surface area contributed by atoms with Crippen LogP contribution in [-0.2, 0) is 6.42 Å². The highest BCUT2D eigenvalue weighted by Crippen LogP contribution is 2.39. The Kier molecular flexibility index (Phi) is 7.23. The van der Waals surface area contributed by atoms with Crippen LogP contribution in [-0.4, -0.2) is 71.6 Å². The maximum atomic E-state index is 13.2. The van der Waals surface area contributed by atoms with Crippen LogP contribution in [0, 0.1) is 6.92 Å². The number of hydrogen-bond donors (Lipinski definition) is 2. The van der Waals surface area contributed by atoms with Gasteiger partial charge in [0.2, 0.25) is 0 Å². The first-order valence-corrected chi connectivity index (χ1v) is 14.7. The number of carbonyl (C=O) groups excluding carboxylic acids is 2. The maximum Gasteiger partial charge on any atom is 0.253 e. The number of nitrogens with zero attached hydrogens (tertiary/aromatic N) is 3. The van der Waals surface area contributed by atoms with Crippen molar-refractivity contribution in [2.24, 2.45) is 0 Å². The summed E-state index contributed by atoms with van der Waals surface area (Å²) in [4.78, 5) is 35.7. The number of piperidine rings is 2. The Hall–Kier alpha value is -3.13. The monoisotopic (exact) mass is 531 g/mol. The number of likely N-dealkylation sites (tertiary alicyclic amines) is 1. The molecule has 4 atom stereocenters. The van der Waals surface area contributed by atoms with Crippen LogP contribution in [0.2, 0.25) is 0 Å². The van der Waals surface area contributed by atoms with Crippen molar-refractivity contribution in [1.82, 2.24) is 20.5 Å². The van der Waals surface area contributed by atoms with Crippen molar-refractivity contribution in [2.45, 2.75) is 95.9 Å². The Morgan fingerprint density at radius 2 is 1.77 bits per heavy atom. The summed E-state index contributed by atoms with van der Waals surface area (Å²) in [7, 11) is 0. The smallest absolute Gasteiger partial charge is 0.253 e. The largest absolute Gasteiger partial charge is 0.493 e. The predicted molar refractivity (Wildman–Crippen MR) is 152 cm³/mol. The molecule has 8 heteroatoms. The van der Waals surface area contributed by atoms with Crippen LogP contribution in [0.5, 0.6) is 5.75 Å². The molecule has 2 bridgehead atoms. The highest BCUT2D eigenvalue weighted by molar-refractivity contribution is 5.97. The van der Waals surface area contributed by atoms with Crippen LogP contribution in [0.4, 0.5) is 5.82 Å². The molecular formula is C31H41N5O3. The van der Waals surface area contributed by atoms with Crippen LogP contribution < -0.4 is 20.3 Å². The lowest BCUT2D eigenvalue weighted by Crippen LogP contribution is -2.51. The van der Waals surface area contributed by atoms with Gasteiger partial charge in [0.1, 0.15) is 11.6 Å². The number of hydrogen-bond acceptors (Lipinski definition) is 6. The van der Waals surface area contributed by atoms with Crippen LogP contribution in [0.3, 0.4) is 0 Å². The highest BCUT2D eigenvalue weighted by Gasteiger charge is 2.42. The molecule has 1 aromatic heterocycles. The molecule has 8 nitrogen and oxygen atoms in total. The number of carbonyl (C=O) groups is 2. The molecule has 3 saturated heterocycles. The van der Waals surface area contributed by atoms with Gasteiger partial charge in [-0.25, -0.2) is 4.98 Å². The number of anilines is 1. The number of pyridine rings is 1. The Bertz CT molecular complexity index is 1220. The molecule has 0 unspecified atom stereocenters. The first-order valence-electron chi connectivity index (χ1n) is 14.7. The average molecular weight is 532 g/mol. The summed E-state index contributed by atoms with van der Waals surface area (Å²) in [5.74, 6) is 1.77. The SMILES string of the molecule is Cc1c(C(=O)N[C@H]2C[C@H]3CC[C@@H](C2)N3c2ccc(C(=O)N[C@@H]3CCCN(C(C)C)C3)cn2)ccc2c1OCC2. The summed E-state index contributed by atoms with van der Waals surface area (Å²) in [6, 6.07) is 9.39. The zero-order chi connectivity index (χ0) is 27.1. The minimum atomic E-state index is -0.0405. The molecule has 0 spiro atoms. The topological polar surface area (TPSA) is 86.8 Å². The van der Waals surface area contributed by atoms with E-state index in [9.17, 15) is 9.59 Å². The van der Waals surface area contributed by atoms with Crippen LogP contribution in [0.15, 0.2) is 30.5 Å². The molecule has 6 rings (SSSR count). The Morgan fingerprint density at radius 1 is 1.00 bits per heavy atom. The minimum Gasteiger partial charge on any atom is -0.493 e. The third-order valence-electron chi connectivity index (χ3n) is 9.21. The van der Waals surface area contributed by atoms with Gasteiger partial charge in [-0.1, -0.05) is 6.07 Å². The van der Waals surface area contributed by atoms with Crippen molar-refractivity contribution >= 4 is 17.6 Å². The molecule has 39 heavy (non-hydrogen) atoms. The molecule has 4 aliphatic rings. The maximum absolute atomic E-state index is 13.2. The normalized spacial score (nSPS) is 26.3. The van der Waals surface area contributed by atoms with Gasteiger partial charge in [0.25, 0.3) is 11.8 Å². The Balaban J connectivity index is 1.06. The lowest BCUT2D eigenvalue weighted by molar-refractivity contribution is 0.0885. The van der Waals surface area contributed by atoms with Crippen LogP contribution in [0.25, 0.3) is 0 Å². The van der Waals surface area contributed by atoms with Gasteiger partial charge in [0.15, 0.2) is 0 Å². The van der Waals surface area contributed by atoms with Gasteiger partial charge in [-0.05, 0) is 89.6 Å². The predicted octanol–water partition coefficient (Wildman–Crippen LogP) is 3.86. The molecular weight excluding hydrogens is 490 g/mol. The third-order valence-corrected chi connectivity index (χ3v) is 9.21. The van der Waals surface area contributed by atoms with Crippen LogP contribution in [0.1, 0.15) is 84.2 Å². The van der Waals surface area contributed by atoms with Gasteiger partial charge in [-0.2, -0.15) is 0 Å². The lowest BCUT2D eigenvalue weighted by atomic mass is 9.96. The Morgan fingerprint density at radius 3 is 2.49 bits per heavy atom. The van der Waals surface area contributed by atoms with Gasteiger partial charge >= 0.3 is 0 Å². The van der Waals surface area contributed by atoms with E-state index in [0.717, 1.165) is 75.2 Å². The fraction of sp³-hybridized carbons (Fsp3) is 0.581. The van der Waals surface area contributed by atoms with Gasteiger partial charge in [-0.15, -0.1) is 0 Å². The molecule has 2 N–H and O–H groups in total. The minimum absolute atomic E-state index is 0.00776. The number of nitrogens with one attached hydrogen (secondary N) is 2. The zero-order valence-electron chi connectivity index (χ0n) is 23.4. The van der Waals surface area contributed by atoms with E-state index in [1.54, 1.807) is 6.20 Å². The van der Waals surface area contributed by atoms with E-state index in [-0.39, 0.29) is 23.9 Å². The van der Waals surface area contributed by atoms with E-state index in [4.69, 9.17) is 9.72 Å². The molecule has 5 heterocycles. The van der Waals surface area contributed by atoms with Crippen molar-refractivity contribution < 1.29 is 14.3 Å². The summed E-state index contributed by atoms with van der Waals surface area (Å²) < 4.78 is 5.77. The number of amides is 2. The summed E-state index contributed by atoms with van der Waals surface area (Å²) >= 11 is 0. The fourth-order valence-corrected chi connectivity index (χ4v) is 7.12. The average Bonchev–Trinajstić information content (AvgIpc) is 3.52. The second-order valence-electron chi connectivity index (χ2n) is 12.1. The van der Waals surface area contributed by atoms with Crippen molar-refractivity contribution in [3.05, 3.63) is 52.7 Å². The molecule has 2 aromatic rings. The number of fused-ring (bicyclic) bond motifs is 3. The standard InChI is InChI=1S/C31H41N5O3/c1-19(2)35-13-4-5-23(18-35)33-30(37)22-7-11-28(32-17-22)36-25-8-9-26(36)16-24(15-25)34-31(38)27-10-6-21-12-14-39-29(21)20(27)3/h6-7,10-11,17,19,23-26H,4-5,8-9,12-16,18H2,1-3H3,(H,33,37)(H,34,38)/t23-,24-,25+,26-/m1/s1. The number of rotatable bonds is 6. The summed E-state index contributed by atoms with van der Waals surface area (Å²) in [5.41, 5.74) is 3.46. The van der Waals surface area contributed by atoms with Crippen molar-refractivity contribution in [2.75, 3.05) is 24.6 Å². The molecule has 1 aromatic carbocycles. The summed E-state index contributed by atoms with van der Waals surface area (Å²) in [5, 5.41) is 6.54. The molecule has 2 amide bonds. The van der Waals surface area contributed by atoms with E-state index in [0.29, 0.717) is 35.9 Å². The second-order valence-corrected chi connectivity index (χ2v) is 12.1. The molecule has 0 saturated carbocycles. The van der Waals surface area contributed by atoms with Crippen LogP contribution >= 0.6 is 0 Å². The molecule has 208 valence electrons. The Labute approximate surface area is 231 Å². The molecule has 4 aliphatic heterocycles. The van der Waals surface area contributed by atoms with Gasteiger partial charge in [0, 0.05) is 60.5 Å². The van der Waals surface area contributed by atoms with E-state index in [2.05, 4.69) is 34.3 Å². The van der Waals surface area contributed by atoms with Crippen molar-refractivity contribution in [1.29, 1.82) is 0 Å². The fourth-order valence-electron chi connectivity index (χ4n) is 7.12.